The van der Waals surface area contributed by atoms with Crippen LogP contribution in [0.1, 0.15) is 12.0 Å². The highest BCUT2D eigenvalue weighted by Gasteiger charge is 2.52. The van der Waals surface area contributed by atoms with Gasteiger partial charge in [0.25, 0.3) is 10.0 Å². The van der Waals surface area contributed by atoms with E-state index < -0.39 is 62.2 Å². The molecule has 1 saturated carbocycles. The highest BCUT2D eigenvalue weighted by molar-refractivity contribution is 7.92. The van der Waals surface area contributed by atoms with Crippen LogP contribution >= 0.6 is 0 Å². The van der Waals surface area contributed by atoms with Gasteiger partial charge in [-0.3, -0.25) is 9.10 Å². The zero-order chi connectivity index (χ0) is 26.7. The summed E-state index contributed by atoms with van der Waals surface area (Å²) in [6.07, 6.45) is -5.42. The lowest BCUT2D eigenvalue weighted by atomic mass is 10.0. The number of carbonyl (C=O) groups is 1. The molecule has 0 aromatic heterocycles. The van der Waals surface area contributed by atoms with E-state index in [0.29, 0.717) is 6.07 Å². The minimum atomic E-state index is -4.79. The second-order valence-corrected chi connectivity index (χ2v) is 10.7. The van der Waals surface area contributed by atoms with Gasteiger partial charge in [0, 0.05) is 11.5 Å². The van der Waals surface area contributed by atoms with Crippen molar-refractivity contribution >= 4 is 21.7 Å². The second kappa shape index (κ2) is 8.72. The molecule has 6 nitrogen and oxygen atoms in total. The van der Waals surface area contributed by atoms with Crippen molar-refractivity contribution in [1.29, 1.82) is 0 Å². The van der Waals surface area contributed by atoms with Crippen molar-refractivity contribution in [1.82, 2.24) is 0 Å². The van der Waals surface area contributed by atoms with Crippen molar-refractivity contribution in [2.75, 3.05) is 10.8 Å². The van der Waals surface area contributed by atoms with Gasteiger partial charge in [-0.1, -0.05) is 12.1 Å². The summed E-state index contributed by atoms with van der Waals surface area (Å²) >= 11 is 0. The molecule has 194 valence electrons. The van der Waals surface area contributed by atoms with Gasteiger partial charge in [0.1, 0.15) is 23.5 Å². The van der Waals surface area contributed by atoms with Gasteiger partial charge in [0.15, 0.2) is 0 Å². The third-order valence-electron chi connectivity index (χ3n) is 6.48. The molecule has 0 spiro atoms. The third kappa shape index (κ3) is 4.61. The maximum Gasteiger partial charge on any atom is 0.416 e. The number of halogens is 5. The first-order valence-electron chi connectivity index (χ1n) is 11.0. The first-order valence-corrected chi connectivity index (χ1v) is 12.5. The fourth-order valence-electron chi connectivity index (χ4n) is 4.48. The van der Waals surface area contributed by atoms with Crippen LogP contribution in [-0.2, 0) is 21.0 Å². The van der Waals surface area contributed by atoms with Gasteiger partial charge >= 0.3 is 12.1 Å². The van der Waals surface area contributed by atoms with Gasteiger partial charge in [-0.15, -0.1) is 0 Å². The van der Waals surface area contributed by atoms with E-state index in [1.165, 1.54) is 18.2 Å². The van der Waals surface area contributed by atoms with Crippen molar-refractivity contribution in [3.8, 4) is 16.9 Å². The summed E-state index contributed by atoms with van der Waals surface area (Å²) in [5.41, 5.74) is -1.31. The molecule has 1 N–H and O–H groups in total. The molecular weight excluding hydrogens is 521 g/mol. The molecule has 1 aliphatic heterocycles. The van der Waals surface area contributed by atoms with E-state index >= 15 is 0 Å². The predicted octanol–water partition coefficient (Wildman–Crippen LogP) is 5.33. The number of alkyl halides is 3. The van der Waals surface area contributed by atoms with Crippen molar-refractivity contribution in [3.05, 3.63) is 77.9 Å². The van der Waals surface area contributed by atoms with Gasteiger partial charge in [-0.25, -0.2) is 17.2 Å². The van der Waals surface area contributed by atoms with Gasteiger partial charge in [-0.2, -0.15) is 13.2 Å². The van der Waals surface area contributed by atoms with Crippen LogP contribution in [0.25, 0.3) is 11.1 Å². The minimum absolute atomic E-state index is 0.0170. The lowest BCUT2D eigenvalue weighted by Crippen LogP contribution is -2.45. The van der Waals surface area contributed by atoms with Crippen LogP contribution in [0.15, 0.2) is 65.6 Å². The van der Waals surface area contributed by atoms with Crippen LogP contribution < -0.4 is 9.04 Å². The Labute approximate surface area is 208 Å². The average molecular weight is 539 g/mol. The zero-order valence-corrected chi connectivity index (χ0v) is 19.6. The summed E-state index contributed by atoms with van der Waals surface area (Å²) in [4.78, 5) is 10.8. The maximum atomic E-state index is 14.4. The molecule has 1 fully saturated rings. The summed E-state index contributed by atoms with van der Waals surface area (Å²) in [7, 11) is -4.61. The lowest BCUT2D eigenvalue weighted by Gasteiger charge is -2.36. The fraction of sp³-hybridized carbons (Fsp3) is 0.240. The molecule has 37 heavy (non-hydrogen) atoms. The topological polar surface area (TPSA) is 83.9 Å². The van der Waals surface area contributed by atoms with E-state index in [0.717, 1.165) is 40.7 Å². The summed E-state index contributed by atoms with van der Waals surface area (Å²) in [6.45, 7) is -0.380. The number of carboxylic acids is 1. The quantitative estimate of drug-likeness (QED) is 0.444. The smallest absolute Gasteiger partial charge is 0.416 e. The molecule has 3 aromatic carbocycles. The monoisotopic (exact) mass is 539 g/mol. The normalized spacial score (nSPS) is 21.2. The van der Waals surface area contributed by atoms with Gasteiger partial charge in [0.2, 0.25) is 0 Å². The second-order valence-electron chi connectivity index (χ2n) is 8.87. The number of nitrogens with zero attached hydrogens (tertiary/aromatic N) is 1. The van der Waals surface area contributed by atoms with Crippen molar-refractivity contribution in [2.45, 2.75) is 23.6 Å². The standard InChI is InChI=1S/C25H18F5NO5S/c26-15-5-6-20(27)17(10-15)13-4-7-22-21(8-13)31(12-23(36-22)18-11-19(18)24(32)33)37(34,35)16-3-1-2-14(9-16)25(28,29)30/h1-10,18-19,23H,11-12H2,(H,32,33)/t18-,19?,23-/m1/s1. The van der Waals surface area contributed by atoms with Gasteiger partial charge in [-0.05, 0) is 60.5 Å². The molecule has 3 atom stereocenters. The van der Waals surface area contributed by atoms with Crippen LogP contribution in [0.4, 0.5) is 27.6 Å². The number of hydrogen-bond donors (Lipinski definition) is 1. The van der Waals surface area contributed by atoms with Crippen molar-refractivity contribution in [3.63, 3.8) is 0 Å². The Kier molecular flexibility index (Phi) is 5.89. The Morgan fingerprint density at radius 3 is 2.46 bits per heavy atom. The van der Waals surface area contributed by atoms with Crippen LogP contribution in [0.2, 0.25) is 0 Å². The number of ether oxygens (including phenoxy) is 1. The largest absolute Gasteiger partial charge is 0.486 e. The predicted molar refractivity (Wildman–Crippen MR) is 121 cm³/mol. The van der Waals surface area contributed by atoms with E-state index in [1.54, 1.807) is 0 Å². The summed E-state index contributed by atoms with van der Waals surface area (Å²) in [6, 6.07) is 9.96. The molecule has 5 rings (SSSR count). The number of hydrogen-bond acceptors (Lipinski definition) is 4. The van der Waals surface area contributed by atoms with E-state index in [1.807, 2.05) is 0 Å². The van der Waals surface area contributed by atoms with Crippen LogP contribution in [-0.4, -0.2) is 32.1 Å². The molecule has 0 bridgehead atoms. The third-order valence-corrected chi connectivity index (χ3v) is 8.25. The minimum Gasteiger partial charge on any atom is -0.486 e. The summed E-state index contributed by atoms with van der Waals surface area (Å²) < 4.78 is 102. The molecule has 1 heterocycles. The Morgan fingerprint density at radius 2 is 1.78 bits per heavy atom. The Morgan fingerprint density at radius 1 is 1.03 bits per heavy atom. The Balaban J connectivity index is 1.62. The van der Waals surface area contributed by atoms with Crippen molar-refractivity contribution in [2.24, 2.45) is 11.8 Å². The SMILES string of the molecule is O=C(O)C1C[C@H]1[C@H]1CN(S(=O)(=O)c2cccc(C(F)(F)F)c2)c2cc(-c3cc(F)ccc3F)ccc2O1. The zero-order valence-electron chi connectivity index (χ0n) is 18.7. The molecule has 2 aliphatic rings. The number of sulfonamides is 1. The summed E-state index contributed by atoms with van der Waals surface area (Å²) in [5.74, 6) is -3.81. The van der Waals surface area contributed by atoms with Crippen LogP contribution in [0.5, 0.6) is 5.75 Å². The van der Waals surface area contributed by atoms with E-state index in [4.69, 9.17) is 4.74 Å². The molecule has 0 amide bonds. The van der Waals surface area contributed by atoms with Gasteiger partial charge in [0.05, 0.1) is 28.6 Å². The number of carboxylic acid groups (broad SMARTS) is 1. The number of benzene rings is 3. The fourth-order valence-corrected chi connectivity index (χ4v) is 6.01. The number of rotatable bonds is 5. The van der Waals surface area contributed by atoms with Gasteiger partial charge < -0.3 is 9.84 Å². The van der Waals surface area contributed by atoms with Crippen molar-refractivity contribution < 1.29 is 45.0 Å². The molecule has 3 aromatic rings. The Bertz CT molecular complexity index is 1510. The maximum absolute atomic E-state index is 14.4. The van der Waals surface area contributed by atoms with E-state index in [-0.39, 0.29) is 35.5 Å². The molecule has 1 aliphatic carbocycles. The lowest BCUT2D eigenvalue weighted by molar-refractivity contribution is -0.139. The first-order chi connectivity index (χ1) is 17.4. The first kappa shape index (κ1) is 25.0. The van der Waals surface area contributed by atoms with Crippen LogP contribution in [0, 0.1) is 23.5 Å². The number of anilines is 1. The average Bonchev–Trinajstić information content (AvgIpc) is 3.65. The Hall–Kier alpha value is -3.67. The highest BCUT2D eigenvalue weighted by Crippen LogP contribution is 2.48. The van der Waals surface area contributed by atoms with E-state index in [2.05, 4.69) is 0 Å². The highest BCUT2D eigenvalue weighted by atomic mass is 32.2. The molecule has 0 saturated heterocycles. The molecule has 12 heteroatoms. The summed E-state index contributed by atoms with van der Waals surface area (Å²) in [5, 5.41) is 9.31. The molecular formula is C25H18F5NO5S. The number of fused-ring (bicyclic) bond motifs is 1. The molecule has 1 unspecified atom stereocenters. The van der Waals surface area contributed by atoms with Crippen LogP contribution in [0.3, 0.4) is 0 Å². The molecule has 0 radical (unpaired) electrons. The number of aliphatic carboxylic acids is 1. The van der Waals surface area contributed by atoms with E-state index in [9.17, 15) is 40.3 Å².